The van der Waals surface area contributed by atoms with Gasteiger partial charge in [-0.3, -0.25) is 4.57 Å². The summed E-state index contributed by atoms with van der Waals surface area (Å²) in [6, 6.07) is 22.8. The molecule has 0 bridgehead atoms. The van der Waals surface area contributed by atoms with Crippen LogP contribution in [0, 0.1) is 5.82 Å². The van der Waals surface area contributed by atoms with Crippen LogP contribution in [0.15, 0.2) is 72.8 Å². The van der Waals surface area contributed by atoms with Gasteiger partial charge < -0.3 is 10.2 Å². The first kappa shape index (κ1) is 18.8. The van der Waals surface area contributed by atoms with Gasteiger partial charge in [-0.15, -0.1) is 0 Å². The van der Waals surface area contributed by atoms with E-state index in [4.69, 9.17) is 0 Å². The van der Waals surface area contributed by atoms with Gasteiger partial charge in [-0.25, -0.2) is 9.18 Å². The fraction of sp³-hybridized carbons (Fsp3) is 0.240. The molecule has 0 spiro atoms. The summed E-state index contributed by atoms with van der Waals surface area (Å²) < 4.78 is 14.9. The van der Waals surface area contributed by atoms with Crippen molar-refractivity contribution in [1.29, 1.82) is 0 Å². The molecule has 0 radical (unpaired) electrons. The first-order chi connectivity index (χ1) is 14.7. The molecule has 30 heavy (non-hydrogen) atoms. The Kier molecular flexibility index (Phi) is 4.97. The van der Waals surface area contributed by atoms with Crippen molar-refractivity contribution in [3.63, 3.8) is 0 Å². The highest BCUT2D eigenvalue weighted by atomic mass is 19.1. The fourth-order valence-corrected chi connectivity index (χ4v) is 4.47. The molecule has 1 aliphatic heterocycles. The summed E-state index contributed by atoms with van der Waals surface area (Å²) in [5.74, 6) is -0.201. The highest BCUT2D eigenvalue weighted by molar-refractivity contribution is 6.13. The van der Waals surface area contributed by atoms with E-state index in [9.17, 15) is 9.18 Å². The topological polar surface area (TPSA) is 37.3 Å². The van der Waals surface area contributed by atoms with E-state index in [2.05, 4.69) is 22.3 Å². The molecule has 4 aromatic rings. The van der Waals surface area contributed by atoms with Crippen molar-refractivity contribution >= 4 is 27.8 Å². The molecule has 152 valence electrons. The number of aromatic nitrogens is 1. The Hall–Kier alpha value is -3.18. The summed E-state index contributed by atoms with van der Waals surface area (Å²) >= 11 is 0. The molecule has 1 fully saturated rings. The summed E-state index contributed by atoms with van der Waals surface area (Å²) in [7, 11) is 0. The van der Waals surface area contributed by atoms with E-state index in [1.807, 2.05) is 48.5 Å². The zero-order valence-corrected chi connectivity index (χ0v) is 16.7. The van der Waals surface area contributed by atoms with Gasteiger partial charge in [0.15, 0.2) is 0 Å². The Balaban J connectivity index is 1.28. The number of hydrogen-bond donors (Lipinski definition) is 1. The Morgan fingerprint density at radius 1 is 0.933 bits per heavy atom. The van der Waals surface area contributed by atoms with Crippen LogP contribution < -0.4 is 5.32 Å². The lowest BCUT2D eigenvalue weighted by Crippen LogP contribution is -2.39. The van der Waals surface area contributed by atoms with E-state index in [0.717, 1.165) is 59.8 Å². The standard InChI is InChI=1S/C25H24FN3O/c26-19-11-9-18(10-12-19)13-15-28-16-14-20(17-28)27-25(30)29-23-7-3-1-5-21(23)22-6-2-4-8-24(22)29/h1-12,20H,13-17H2,(H,27,30)/t20-/m0/s1. The van der Waals surface area contributed by atoms with Gasteiger partial charge in [0.05, 0.1) is 11.0 Å². The molecule has 5 rings (SSSR count). The van der Waals surface area contributed by atoms with Gasteiger partial charge in [0.2, 0.25) is 0 Å². The molecular formula is C25H24FN3O. The quantitative estimate of drug-likeness (QED) is 0.533. The van der Waals surface area contributed by atoms with Crippen LogP contribution in [0.2, 0.25) is 0 Å². The number of benzene rings is 3. The number of amides is 1. The third-order valence-corrected chi connectivity index (χ3v) is 6.01. The minimum atomic E-state index is -0.201. The zero-order chi connectivity index (χ0) is 20.5. The minimum absolute atomic E-state index is 0.0715. The molecule has 1 aliphatic rings. The Morgan fingerprint density at radius 3 is 2.23 bits per heavy atom. The predicted octanol–water partition coefficient (Wildman–Crippen LogP) is 4.81. The van der Waals surface area contributed by atoms with E-state index in [-0.39, 0.29) is 17.9 Å². The number of rotatable bonds is 4. The summed E-state index contributed by atoms with van der Waals surface area (Å²) in [6.45, 7) is 2.71. The number of fused-ring (bicyclic) bond motifs is 3. The molecule has 1 atom stereocenters. The number of likely N-dealkylation sites (tertiary alicyclic amines) is 1. The van der Waals surface area contributed by atoms with E-state index >= 15 is 0 Å². The number of carbonyl (C=O) groups excluding carboxylic acids is 1. The van der Waals surface area contributed by atoms with Crippen LogP contribution in [-0.4, -0.2) is 41.2 Å². The van der Waals surface area contributed by atoms with Crippen LogP contribution in [-0.2, 0) is 6.42 Å². The average Bonchev–Trinajstić information content (AvgIpc) is 3.35. The van der Waals surface area contributed by atoms with Crippen molar-refractivity contribution < 1.29 is 9.18 Å². The normalized spacial score (nSPS) is 17.0. The number of halogens is 1. The van der Waals surface area contributed by atoms with E-state index < -0.39 is 0 Å². The highest BCUT2D eigenvalue weighted by Crippen LogP contribution is 2.28. The van der Waals surface area contributed by atoms with Crippen molar-refractivity contribution in [2.75, 3.05) is 19.6 Å². The molecular weight excluding hydrogens is 377 g/mol. The van der Waals surface area contributed by atoms with E-state index in [1.54, 1.807) is 4.57 Å². The minimum Gasteiger partial charge on any atom is -0.333 e. The second-order valence-corrected chi connectivity index (χ2v) is 7.98. The Morgan fingerprint density at radius 2 is 1.57 bits per heavy atom. The molecule has 1 aromatic heterocycles. The number of para-hydroxylation sites is 2. The monoisotopic (exact) mass is 401 g/mol. The van der Waals surface area contributed by atoms with Gasteiger partial charge in [-0.1, -0.05) is 48.5 Å². The second kappa shape index (κ2) is 7.92. The summed E-state index contributed by atoms with van der Waals surface area (Å²) in [5, 5.41) is 5.42. The van der Waals surface area contributed by atoms with Gasteiger partial charge in [0, 0.05) is 36.4 Å². The number of carbonyl (C=O) groups is 1. The fourth-order valence-electron chi connectivity index (χ4n) is 4.47. The molecule has 0 unspecified atom stereocenters. The number of nitrogens with zero attached hydrogens (tertiary/aromatic N) is 2. The molecule has 4 nitrogen and oxygen atoms in total. The first-order valence-electron chi connectivity index (χ1n) is 10.4. The maximum Gasteiger partial charge on any atom is 0.326 e. The smallest absolute Gasteiger partial charge is 0.326 e. The predicted molar refractivity (Wildman–Crippen MR) is 118 cm³/mol. The Bertz CT molecular complexity index is 1140. The number of nitrogens with one attached hydrogen (secondary N) is 1. The molecule has 3 aromatic carbocycles. The number of hydrogen-bond acceptors (Lipinski definition) is 2. The third kappa shape index (κ3) is 3.57. The van der Waals surface area contributed by atoms with Crippen LogP contribution in [0.3, 0.4) is 0 Å². The van der Waals surface area contributed by atoms with Gasteiger partial charge in [0.25, 0.3) is 0 Å². The maximum atomic E-state index is 13.2. The van der Waals surface area contributed by atoms with Gasteiger partial charge in [0.1, 0.15) is 5.82 Å². The van der Waals surface area contributed by atoms with Gasteiger partial charge in [-0.05, 0) is 42.7 Å². The SMILES string of the molecule is O=C(N[C@H]1CCN(CCc2ccc(F)cc2)C1)n1c2ccccc2c2ccccc21. The summed E-state index contributed by atoms with van der Waals surface area (Å²) in [6.07, 6.45) is 1.82. The molecule has 5 heteroatoms. The molecule has 2 heterocycles. The van der Waals surface area contributed by atoms with Crippen molar-refractivity contribution in [1.82, 2.24) is 14.8 Å². The van der Waals surface area contributed by atoms with Crippen molar-refractivity contribution in [2.45, 2.75) is 18.9 Å². The van der Waals surface area contributed by atoms with Gasteiger partial charge in [-0.2, -0.15) is 0 Å². The van der Waals surface area contributed by atoms with E-state index in [0.29, 0.717) is 0 Å². The Labute approximate surface area is 174 Å². The molecule has 1 amide bonds. The maximum absolute atomic E-state index is 13.2. The van der Waals surface area contributed by atoms with Crippen LogP contribution in [0.4, 0.5) is 9.18 Å². The van der Waals surface area contributed by atoms with E-state index in [1.165, 1.54) is 12.1 Å². The van der Waals surface area contributed by atoms with Crippen molar-refractivity contribution in [2.24, 2.45) is 0 Å². The van der Waals surface area contributed by atoms with Gasteiger partial charge >= 0.3 is 6.03 Å². The first-order valence-corrected chi connectivity index (χ1v) is 10.4. The van der Waals surface area contributed by atoms with Crippen LogP contribution in [0.25, 0.3) is 21.8 Å². The lowest BCUT2D eigenvalue weighted by atomic mass is 10.1. The highest BCUT2D eigenvalue weighted by Gasteiger charge is 2.25. The van der Waals surface area contributed by atoms with Crippen LogP contribution >= 0.6 is 0 Å². The molecule has 0 saturated carbocycles. The lowest BCUT2D eigenvalue weighted by Gasteiger charge is -2.17. The molecule has 1 saturated heterocycles. The van der Waals surface area contributed by atoms with Crippen molar-refractivity contribution in [3.8, 4) is 0 Å². The molecule has 0 aliphatic carbocycles. The van der Waals surface area contributed by atoms with Crippen molar-refractivity contribution in [3.05, 3.63) is 84.2 Å². The molecule has 1 N–H and O–H groups in total. The average molecular weight is 401 g/mol. The largest absolute Gasteiger partial charge is 0.333 e. The lowest BCUT2D eigenvalue weighted by molar-refractivity contribution is 0.239. The zero-order valence-electron chi connectivity index (χ0n) is 16.7. The van der Waals surface area contributed by atoms with Crippen LogP contribution in [0.5, 0.6) is 0 Å². The second-order valence-electron chi connectivity index (χ2n) is 7.98. The third-order valence-electron chi connectivity index (χ3n) is 6.01. The summed E-state index contributed by atoms with van der Waals surface area (Å²) in [5.41, 5.74) is 3.00. The van der Waals surface area contributed by atoms with Crippen LogP contribution in [0.1, 0.15) is 12.0 Å². The summed E-state index contributed by atoms with van der Waals surface area (Å²) in [4.78, 5) is 15.6.